The molecule has 3 heterocycles. The molecule has 25 heavy (non-hydrogen) atoms. The number of hydrogen-bond donors (Lipinski definition) is 1. The van der Waals surface area contributed by atoms with Gasteiger partial charge in [0.2, 0.25) is 0 Å². The lowest BCUT2D eigenvalue weighted by molar-refractivity contribution is 0.510. The fourth-order valence-corrected chi connectivity index (χ4v) is 3.19. The number of aliphatic imine (C=N–C) groups is 1. The molecule has 0 atom stereocenters. The molecule has 0 aliphatic carbocycles. The molecule has 1 aromatic carbocycles. The van der Waals surface area contributed by atoms with Gasteiger partial charge >= 0.3 is 0 Å². The number of aliphatic hydroxyl groups excluding tert-OH is 1. The molecule has 0 saturated carbocycles. The van der Waals surface area contributed by atoms with Crippen molar-refractivity contribution >= 4 is 33.6 Å². The van der Waals surface area contributed by atoms with Crippen LogP contribution in [0.2, 0.25) is 0 Å². The van der Waals surface area contributed by atoms with Crippen molar-refractivity contribution < 1.29 is 5.11 Å². The van der Waals surface area contributed by atoms with E-state index >= 15 is 0 Å². The van der Waals surface area contributed by atoms with Crippen LogP contribution in [0, 0.1) is 0 Å². The molecule has 2 aromatic heterocycles. The zero-order valence-corrected chi connectivity index (χ0v) is 13.7. The second-order valence-corrected chi connectivity index (χ2v) is 6.03. The fraction of sp³-hybridized carbons (Fsp3) is 0.0952. The minimum Gasteiger partial charge on any atom is -0.506 e. The molecule has 3 aromatic rings. The normalized spacial score (nSPS) is 13.2. The van der Waals surface area contributed by atoms with Gasteiger partial charge in [-0.1, -0.05) is 37.4 Å². The van der Waals surface area contributed by atoms with Crippen LogP contribution in [0.1, 0.15) is 23.2 Å². The molecule has 4 nitrogen and oxygen atoms in total. The molecule has 0 bridgehead atoms. The molecule has 0 radical (unpaired) electrons. The van der Waals surface area contributed by atoms with Gasteiger partial charge in [0.05, 0.1) is 11.2 Å². The number of aliphatic hydroxyl groups is 1. The zero-order chi connectivity index (χ0) is 17.4. The summed E-state index contributed by atoms with van der Waals surface area (Å²) in [5, 5.41) is 10.9. The highest BCUT2D eigenvalue weighted by atomic mass is 16.3. The quantitative estimate of drug-likeness (QED) is 0.697. The highest BCUT2D eigenvalue weighted by molar-refractivity contribution is 6.25. The van der Waals surface area contributed by atoms with E-state index in [-0.39, 0.29) is 5.76 Å². The molecule has 1 aliphatic heterocycles. The molecular weight excluding hydrogens is 310 g/mol. The first-order chi connectivity index (χ1) is 12.1. The van der Waals surface area contributed by atoms with Crippen molar-refractivity contribution in [3.05, 3.63) is 78.8 Å². The molecule has 4 rings (SSSR count). The average Bonchev–Trinajstić information content (AvgIpc) is 2.67. The van der Waals surface area contributed by atoms with Gasteiger partial charge < -0.3 is 5.11 Å². The summed E-state index contributed by atoms with van der Waals surface area (Å²) in [6.07, 6.45) is 5.09. The first-order valence-electron chi connectivity index (χ1n) is 8.12. The van der Waals surface area contributed by atoms with Gasteiger partial charge in [0.25, 0.3) is 0 Å². The number of allylic oxidation sites excluding steroid dienone is 1. The Morgan fingerprint density at radius 1 is 0.960 bits per heavy atom. The summed E-state index contributed by atoms with van der Waals surface area (Å²) >= 11 is 0. The van der Waals surface area contributed by atoms with Crippen molar-refractivity contribution in [1.29, 1.82) is 0 Å². The second-order valence-electron chi connectivity index (χ2n) is 6.03. The SMILES string of the molecule is C=C(C1=Nc2c(ccc3cccnc23)CC1)c1cccnc1C(=C)O. The van der Waals surface area contributed by atoms with Crippen LogP contribution in [0.5, 0.6) is 0 Å². The van der Waals surface area contributed by atoms with E-state index in [9.17, 15) is 5.11 Å². The Balaban J connectivity index is 1.83. The van der Waals surface area contributed by atoms with E-state index in [1.165, 1.54) is 5.56 Å². The number of nitrogens with zero attached hydrogens (tertiary/aromatic N) is 3. The van der Waals surface area contributed by atoms with Gasteiger partial charge in [0.1, 0.15) is 11.5 Å². The summed E-state index contributed by atoms with van der Waals surface area (Å²) in [5.74, 6) is -0.0688. The molecule has 0 amide bonds. The highest BCUT2D eigenvalue weighted by Crippen LogP contribution is 2.35. The van der Waals surface area contributed by atoms with E-state index in [0.717, 1.165) is 46.3 Å². The Hall–Kier alpha value is -3.27. The van der Waals surface area contributed by atoms with Gasteiger partial charge in [-0.3, -0.25) is 15.0 Å². The maximum absolute atomic E-state index is 9.80. The van der Waals surface area contributed by atoms with Crippen LogP contribution in [0.4, 0.5) is 5.69 Å². The topological polar surface area (TPSA) is 58.4 Å². The van der Waals surface area contributed by atoms with Crippen LogP contribution < -0.4 is 0 Å². The maximum atomic E-state index is 9.80. The molecule has 0 fully saturated rings. The van der Waals surface area contributed by atoms with Gasteiger partial charge in [0, 0.05) is 29.1 Å². The van der Waals surface area contributed by atoms with Crippen molar-refractivity contribution in [3.8, 4) is 0 Å². The number of aromatic nitrogens is 2. The van der Waals surface area contributed by atoms with Crippen LogP contribution in [0.25, 0.3) is 22.2 Å². The summed E-state index contributed by atoms with van der Waals surface area (Å²) < 4.78 is 0. The molecule has 1 N–H and O–H groups in total. The summed E-state index contributed by atoms with van der Waals surface area (Å²) in [5.41, 5.74) is 5.86. The van der Waals surface area contributed by atoms with Gasteiger partial charge in [-0.25, -0.2) is 0 Å². The average molecular weight is 327 g/mol. The van der Waals surface area contributed by atoms with Crippen LogP contribution in [-0.2, 0) is 6.42 Å². The zero-order valence-electron chi connectivity index (χ0n) is 13.7. The van der Waals surface area contributed by atoms with Gasteiger partial charge in [-0.2, -0.15) is 0 Å². The van der Waals surface area contributed by atoms with E-state index in [1.807, 2.05) is 24.3 Å². The van der Waals surface area contributed by atoms with E-state index in [0.29, 0.717) is 5.69 Å². The number of fused-ring (bicyclic) bond motifs is 3. The number of aryl methyl sites for hydroxylation is 1. The molecule has 1 aliphatic rings. The Labute approximate surface area is 145 Å². The third kappa shape index (κ3) is 2.62. The molecule has 0 saturated heterocycles. The van der Waals surface area contributed by atoms with Gasteiger partial charge in [-0.05, 0) is 36.1 Å². The first-order valence-corrected chi connectivity index (χ1v) is 8.12. The van der Waals surface area contributed by atoms with Crippen molar-refractivity contribution in [2.45, 2.75) is 12.8 Å². The summed E-state index contributed by atoms with van der Waals surface area (Å²) in [4.78, 5) is 13.6. The van der Waals surface area contributed by atoms with Gasteiger partial charge in [0.15, 0.2) is 0 Å². The summed E-state index contributed by atoms with van der Waals surface area (Å²) in [6.45, 7) is 7.79. The number of rotatable bonds is 3. The monoisotopic (exact) mass is 327 g/mol. The second kappa shape index (κ2) is 5.98. The maximum Gasteiger partial charge on any atom is 0.134 e. The van der Waals surface area contributed by atoms with E-state index in [2.05, 4.69) is 35.3 Å². The first kappa shape index (κ1) is 15.3. The Morgan fingerprint density at radius 3 is 2.60 bits per heavy atom. The lowest BCUT2D eigenvalue weighted by Crippen LogP contribution is -2.10. The Kier molecular flexibility index (Phi) is 3.65. The fourth-order valence-electron chi connectivity index (χ4n) is 3.19. The lowest BCUT2D eigenvalue weighted by Gasteiger charge is -2.19. The summed E-state index contributed by atoms with van der Waals surface area (Å²) in [6, 6.07) is 11.9. The van der Waals surface area contributed by atoms with Crippen LogP contribution >= 0.6 is 0 Å². The smallest absolute Gasteiger partial charge is 0.134 e. The Bertz CT molecular complexity index is 1050. The molecule has 122 valence electrons. The standard InChI is InChI=1S/C21H17N3O/c1-13(17-6-4-12-22-19(17)14(2)25)18-10-9-16-8-7-15-5-3-11-23-20(15)21(16)24-18/h3-8,11-12,25H,1-2,9-10H2. The molecular formula is C21H17N3O. The predicted octanol–water partition coefficient (Wildman–Crippen LogP) is 4.89. The van der Waals surface area contributed by atoms with E-state index < -0.39 is 0 Å². The van der Waals surface area contributed by atoms with Crippen LogP contribution in [-0.4, -0.2) is 20.8 Å². The minimum absolute atomic E-state index is 0.0688. The number of pyridine rings is 2. The number of benzene rings is 1. The van der Waals surface area contributed by atoms with Crippen LogP contribution in [0.3, 0.4) is 0 Å². The minimum atomic E-state index is -0.0688. The van der Waals surface area contributed by atoms with Crippen molar-refractivity contribution in [2.75, 3.05) is 0 Å². The van der Waals surface area contributed by atoms with Crippen molar-refractivity contribution in [1.82, 2.24) is 9.97 Å². The van der Waals surface area contributed by atoms with Crippen molar-refractivity contribution in [2.24, 2.45) is 4.99 Å². The Morgan fingerprint density at radius 2 is 1.76 bits per heavy atom. The van der Waals surface area contributed by atoms with Crippen LogP contribution in [0.15, 0.2) is 66.9 Å². The van der Waals surface area contributed by atoms with Crippen molar-refractivity contribution in [3.63, 3.8) is 0 Å². The molecule has 4 heteroatoms. The molecule has 0 spiro atoms. The summed E-state index contributed by atoms with van der Waals surface area (Å²) in [7, 11) is 0. The number of hydrogen-bond acceptors (Lipinski definition) is 4. The lowest BCUT2D eigenvalue weighted by atomic mass is 9.92. The third-order valence-electron chi connectivity index (χ3n) is 4.46. The van der Waals surface area contributed by atoms with E-state index in [1.54, 1.807) is 12.4 Å². The molecule has 0 unspecified atom stereocenters. The predicted molar refractivity (Wildman–Crippen MR) is 102 cm³/mol. The highest BCUT2D eigenvalue weighted by Gasteiger charge is 2.20. The third-order valence-corrected chi connectivity index (χ3v) is 4.46. The van der Waals surface area contributed by atoms with Gasteiger partial charge in [-0.15, -0.1) is 0 Å². The largest absolute Gasteiger partial charge is 0.506 e. The van der Waals surface area contributed by atoms with E-state index in [4.69, 9.17) is 4.99 Å².